The molecule has 0 atom stereocenters. The zero-order valence-corrected chi connectivity index (χ0v) is 17.2. The van der Waals surface area contributed by atoms with Gasteiger partial charge in [-0.3, -0.25) is 9.69 Å². The predicted octanol–water partition coefficient (Wildman–Crippen LogP) is 3.88. The third-order valence-electron chi connectivity index (χ3n) is 6.15. The summed E-state index contributed by atoms with van der Waals surface area (Å²) in [5, 5.41) is 5.28. The van der Waals surface area contributed by atoms with E-state index in [1.165, 1.54) is 4.90 Å². The summed E-state index contributed by atoms with van der Waals surface area (Å²) >= 11 is 0. The zero-order valence-electron chi connectivity index (χ0n) is 17.2. The summed E-state index contributed by atoms with van der Waals surface area (Å²) < 4.78 is 5.28. The van der Waals surface area contributed by atoms with Gasteiger partial charge in [-0.25, -0.2) is 9.69 Å². The van der Waals surface area contributed by atoms with E-state index in [2.05, 4.69) is 23.5 Å². The molecule has 1 aliphatic carbocycles. The van der Waals surface area contributed by atoms with E-state index >= 15 is 0 Å². The number of methoxy groups -OCH3 is 1. The van der Waals surface area contributed by atoms with Crippen LogP contribution < -0.4 is 10.1 Å². The maximum Gasteiger partial charge on any atom is 0.326 e. The minimum absolute atomic E-state index is 0.0538. The predicted molar refractivity (Wildman–Crippen MR) is 113 cm³/mol. The molecule has 0 aromatic heterocycles. The topological polar surface area (TPSA) is 61.9 Å². The van der Waals surface area contributed by atoms with E-state index in [0.29, 0.717) is 13.2 Å². The van der Waals surface area contributed by atoms with Gasteiger partial charge >= 0.3 is 6.03 Å². The molecule has 1 saturated carbocycles. The first-order chi connectivity index (χ1) is 14.0. The quantitative estimate of drug-likeness (QED) is 0.781. The number of carbonyl (C=O) groups is 2. The van der Waals surface area contributed by atoms with Crippen LogP contribution in [-0.2, 0) is 11.3 Å². The summed E-state index contributed by atoms with van der Waals surface area (Å²) in [6.07, 6.45) is 5.78. The van der Waals surface area contributed by atoms with Crippen LogP contribution in [0.3, 0.4) is 0 Å². The lowest BCUT2D eigenvalue weighted by Gasteiger charge is -2.26. The number of carbonyl (C=O) groups excluding carboxylic acids is 2. The first-order valence-corrected chi connectivity index (χ1v) is 10.4. The monoisotopic (exact) mass is 395 g/mol. The second kappa shape index (κ2) is 8.03. The van der Waals surface area contributed by atoms with E-state index in [4.69, 9.17) is 4.74 Å². The summed E-state index contributed by atoms with van der Waals surface area (Å²) in [4.78, 5) is 29.0. The summed E-state index contributed by atoms with van der Waals surface area (Å²) in [6, 6.07) is 12.1. The number of fused-ring (bicyclic) bond motifs is 1. The van der Waals surface area contributed by atoms with Crippen molar-refractivity contribution in [1.82, 2.24) is 15.1 Å². The molecular weight excluding hydrogens is 366 g/mol. The van der Waals surface area contributed by atoms with E-state index in [0.717, 1.165) is 60.6 Å². The molecule has 154 valence electrons. The van der Waals surface area contributed by atoms with Crippen LogP contribution >= 0.6 is 0 Å². The number of hydrogen-bond acceptors (Lipinski definition) is 4. The number of rotatable bonds is 5. The van der Waals surface area contributed by atoms with Crippen LogP contribution in [0.15, 0.2) is 36.4 Å². The first-order valence-electron chi connectivity index (χ1n) is 10.4. The Balaban J connectivity index is 1.44. The van der Waals surface area contributed by atoms with Gasteiger partial charge in [-0.05, 0) is 54.4 Å². The minimum Gasteiger partial charge on any atom is -0.497 e. The summed E-state index contributed by atoms with van der Waals surface area (Å²) in [5.74, 6) is 0.787. The molecule has 2 aromatic rings. The summed E-state index contributed by atoms with van der Waals surface area (Å²) in [5.41, 5.74) is 0.470. The average Bonchev–Trinajstić information content (AvgIpc) is 2.88. The molecular formula is C23H29N3O3. The fourth-order valence-electron chi connectivity index (χ4n) is 4.58. The maximum absolute atomic E-state index is 13.1. The van der Waals surface area contributed by atoms with Gasteiger partial charge in [0.25, 0.3) is 5.91 Å². The normalized spacial score (nSPS) is 19.1. The van der Waals surface area contributed by atoms with Crippen LogP contribution in [0.1, 0.15) is 44.1 Å². The number of hydrogen-bond donors (Lipinski definition) is 1. The Labute approximate surface area is 171 Å². The Morgan fingerprint density at radius 2 is 1.72 bits per heavy atom. The fraction of sp³-hybridized carbons (Fsp3) is 0.478. The van der Waals surface area contributed by atoms with Gasteiger partial charge in [0.2, 0.25) is 0 Å². The summed E-state index contributed by atoms with van der Waals surface area (Å²) in [7, 11) is 3.61. The standard InChI is InChI=1S/C23H29N3O3/c1-25(15-17-7-8-19-14-20(29-2)10-9-18(19)13-17)16-26-21(27)23(24-22(26)28)11-5-3-4-6-12-23/h7-10,13-14H,3-6,11-12,15-16H2,1-2H3,(H,24,28). The molecule has 1 N–H and O–H groups in total. The Bertz CT molecular complexity index is 919. The number of amides is 3. The van der Waals surface area contributed by atoms with Crippen LogP contribution in [0.4, 0.5) is 4.79 Å². The SMILES string of the molecule is COc1ccc2cc(CN(C)CN3C(=O)NC4(CCCCCC4)C3=O)ccc2c1. The van der Waals surface area contributed by atoms with Gasteiger partial charge in [0.1, 0.15) is 11.3 Å². The Morgan fingerprint density at radius 3 is 2.45 bits per heavy atom. The van der Waals surface area contributed by atoms with Crippen molar-refractivity contribution in [3.8, 4) is 5.75 Å². The maximum atomic E-state index is 13.1. The molecule has 0 radical (unpaired) electrons. The van der Waals surface area contributed by atoms with Crippen LogP contribution in [0.25, 0.3) is 10.8 Å². The van der Waals surface area contributed by atoms with E-state index in [-0.39, 0.29) is 11.9 Å². The van der Waals surface area contributed by atoms with Crippen molar-refractivity contribution in [3.63, 3.8) is 0 Å². The Morgan fingerprint density at radius 1 is 1.03 bits per heavy atom. The van der Waals surface area contributed by atoms with Crippen LogP contribution in [0.2, 0.25) is 0 Å². The van der Waals surface area contributed by atoms with E-state index in [1.54, 1.807) is 7.11 Å². The molecule has 6 nitrogen and oxygen atoms in total. The molecule has 4 rings (SSSR count). The lowest BCUT2D eigenvalue weighted by Crippen LogP contribution is -2.47. The minimum atomic E-state index is -0.670. The van der Waals surface area contributed by atoms with Gasteiger partial charge in [-0.15, -0.1) is 0 Å². The Hall–Kier alpha value is -2.60. The van der Waals surface area contributed by atoms with Gasteiger partial charge in [-0.1, -0.05) is 43.9 Å². The van der Waals surface area contributed by atoms with Crippen molar-refractivity contribution in [3.05, 3.63) is 42.0 Å². The molecule has 2 aliphatic rings. The van der Waals surface area contributed by atoms with Crippen molar-refractivity contribution in [2.45, 2.75) is 50.6 Å². The number of nitrogens with zero attached hydrogens (tertiary/aromatic N) is 2. The average molecular weight is 396 g/mol. The second-order valence-corrected chi connectivity index (χ2v) is 8.36. The number of imide groups is 1. The lowest BCUT2D eigenvalue weighted by molar-refractivity contribution is -0.133. The first kappa shape index (κ1) is 19.7. The largest absolute Gasteiger partial charge is 0.497 e. The van der Waals surface area contributed by atoms with Gasteiger partial charge in [-0.2, -0.15) is 0 Å². The smallest absolute Gasteiger partial charge is 0.326 e. The highest BCUT2D eigenvalue weighted by atomic mass is 16.5. The highest BCUT2D eigenvalue weighted by molar-refractivity contribution is 6.07. The second-order valence-electron chi connectivity index (χ2n) is 8.36. The van der Waals surface area contributed by atoms with Gasteiger partial charge in [0.05, 0.1) is 13.8 Å². The highest BCUT2D eigenvalue weighted by Crippen LogP contribution is 2.32. The fourth-order valence-corrected chi connectivity index (χ4v) is 4.58. The molecule has 1 heterocycles. The number of benzene rings is 2. The lowest BCUT2D eigenvalue weighted by atomic mass is 9.90. The zero-order chi connectivity index (χ0) is 20.4. The van der Waals surface area contributed by atoms with E-state index in [1.807, 2.05) is 30.1 Å². The van der Waals surface area contributed by atoms with Crippen molar-refractivity contribution < 1.29 is 14.3 Å². The van der Waals surface area contributed by atoms with Crippen molar-refractivity contribution >= 4 is 22.7 Å². The number of ether oxygens (including phenoxy) is 1. The molecule has 2 fully saturated rings. The number of urea groups is 1. The molecule has 3 amide bonds. The molecule has 0 unspecified atom stereocenters. The third-order valence-corrected chi connectivity index (χ3v) is 6.15. The van der Waals surface area contributed by atoms with E-state index < -0.39 is 5.54 Å². The number of nitrogens with one attached hydrogen (secondary N) is 1. The molecule has 0 bridgehead atoms. The van der Waals surface area contributed by atoms with Gasteiger partial charge in [0.15, 0.2) is 0 Å². The molecule has 1 aliphatic heterocycles. The highest BCUT2D eigenvalue weighted by Gasteiger charge is 2.50. The molecule has 2 aromatic carbocycles. The van der Waals surface area contributed by atoms with Crippen LogP contribution in [0.5, 0.6) is 5.75 Å². The Kier molecular flexibility index (Phi) is 5.46. The molecule has 1 spiro atoms. The van der Waals surface area contributed by atoms with Gasteiger partial charge < -0.3 is 10.1 Å². The molecule has 6 heteroatoms. The summed E-state index contributed by atoms with van der Waals surface area (Å²) in [6.45, 7) is 0.957. The molecule has 1 saturated heterocycles. The van der Waals surface area contributed by atoms with Crippen molar-refractivity contribution in [1.29, 1.82) is 0 Å². The van der Waals surface area contributed by atoms with Crippen molar-refractivity contribution in [2.75, 3.05) is 20.8 Å². The van der Waals surface area contributed by atoms with Crippen molar-refractivity contribution in [2.24, 2.45) is 0 Å². The van der Waals surface area contributed by atoms with Crippen LogP contribution in [0, 0.1) is 0 Å². The third kappa shape index (κ3) is 3.94. The van der Waals surface area contributed by atoms with Gasteiger partial charge in [0, 0.05) is 6.54 Å². The molecule has 29 heavy (non-hydrogen) atoms. The van der Waals surface area contributed by atoms with E-state index in [9.17, 15) is 9.59 Å². The van der Waals surface area contributed by atoms with Crippen LogP contribution in [-0.4, -0.2) is 48.1 Å².